The second-order valence-corrected chi connectivity index (χ2v) is 9.10. The summed E-state index contributed by atoms with van der Waals surface area (Å²) in [4.78, 5) is 20.4. The van der Waals surface area contributed by atoms with Gasteiger partial charge in [-0.25, -0.2) is 17.9 Å². The van der Waals surface area contributed by atoms with Gasteiger partial charge < -0.3 is 13.7 Å². The van der Waals surface area contributed by atoms with E-state index >= 15 is 0 Å². The topological polar surface area (TPSA) is 137 Å². The van der Waals surface area contributed by atoms with Crippen LogP contribution >= 0.6 is 0 Å². The average molecular weight is 495 g/mol. The Morgan fingerprint density at radius 3 is 2.71 bits per heavy atom. The number of hydrogen-bond donors (Lipinski definition) is 1. The molecule has 0 spiro atoms. The molecule has 3 heterocycles. The quantitative estimate of drug-likeness (QED) is 0.189. The maximum Gasteiger partial charge on any atom is 0.330 e. The van der Waals surface area contributed by atoms with Crippen molar-refractivity contribution < 1.29 is 26.9 Å². The Morgan fingerprint density at radius 2 is 1.97 bits per heavy atom. The van der Waals surface area contributed by atoms with Crippen LogP contribution in [0.2, 0.25) is 0 Å². The van der Waals surface area contributed by atoms with E-state index < -0.39 is 16.0 Å². The summed E-state index contributed by atoms with van der Waals surface area (Å²) in [7, 11) is -3.68. The second kappa shape index (κ2) is 11.4. The van der Waals surface area contributed by atoms with Crippen molar-refractivity contribution in [3.05, 3.63) is 90.5 Å². The van der Waals surface area contributed by atoms with Crippen LogP contribution in [0.15, 0.2) is 87.1 Å². The molecule has 3 aromatic heterocycles. The highest BCUT2D eigenvalue weighted by atomic mass is 32.2. The number of ether oxygens (including phenoxy) is 1. The van der Waals surface area contributed by atoms with Crippen molar-refractivity contribution in [1.82, 2.24) is 19.8 Å². The zero-order valence-electron chi connectivity index (χ0n) is 18.5. The van der Waals surface area contributed by atoms with E-state index in [1.165, 1.54) is 24.5 Å². The lowest BCUT2D eigenvalue weighted by atomic mass is 10.2. The lowest BCUT2D eigenvalue weighted by Crippen LogP contribution is -2.22. The molecule has 35 heavy (non-hydrogen) atoms. The predicted molar refractivity (Wildman–Crippen MR) is 125 cm³/mol. The number of nitrogens with zero attached hydrogens (tertiary/aromatic N) is 3. The molecule has 4 rings (SSSR count). The minimum Gasteiger partial charge on any atom is -0.468 e. The van der Waals surface area contributed by atoms with Gasteiger partial charge in [0.2, 0.25) is 21.7 Å². The van der Waals surface area contributed by atoms with Crippen molar-refractivity contribution in [1.29, 1.82) is 0 Å². The zero-order chi connectivity index (χ0) is 24.5. The van der Waals surface area contributed by atoms with Crippen LogP contribution in [-0.4, -0.2) is 36.1 Å². The van der Waals surface area contributed by atoms with Crippen LogP contribution in [0.4, 0.5) is 0 Å². The Bertz CT molecular complexity index is 1370. The highest BCUT2D eigenvalue weighted by Crippen LogP contribution is 2.15. The lowest BCUT2D eigenvalue weighted by Gasteiger charge is -2.05. The van der Waals surface area contributed by atoms with Gasteiger partial charge in [-0.1, -0.05) is 17.3 Å². The summed E-state index contributed by atoms with van der Waals surface area (Å²) in [6, 6.07) is 13.1. The number of hydrogen-bond acceptors (Lipinski definition) is 9. The molecule has 10 nitrogen and oxygen atoms in total. The fourth-order valence-corrected chi connectivity index (χ4v) is 3.99. The molecule has 0 saturated heterocycles. The summed E-state index contributed by atoms with van der Waals surface area (Å²) in [5, 5.41) is 3.92. The molecule has 180 valence electrons. The average Bonchev–Trinajstić information content (AvgIpc) is 3.58. The number of carbonyl (C=O) groups excluding carboxylic acids is 1. The summed E-state index contributed by atoms with van der Waals surface area (Å²) in [5.41, 5.74) is 1.41. The van der Waals surface area contributed by atoms with E-state index in [2.05, 4.69) is 19.8 Å². The summed E-state index contributed by atoms with van der Waals surface area (Å²) in [6.45, 7) is 0.243. The van der Waals surface area contributed by atoms with E-state index in [1.807, 2.05) is 6.07 Å². The molecule has 1 aromatic carbocycles. The van der Waals surface area contributed by atoms with Gasteiger partial charge in [-0.15, -0.1) is 0 Å². The van der Waals surface area contributed by atoms with E-state index in [0.29, 0.717) is 35.9 Å². The third-order valence-corrected chi connectivity index (χ3v) is 6.20. The van der Waals surface area contributed by atoms with Gasteiger partial charge in [0.15, 0.2) is 0 Å². The predicted octanol–water partition coefficient (Wildman–Crippen LogP) is 3.39. The molecule has 0 amide bonds. The minimum atomic E-state index is -3.68. The van der Waals surface area contributed by atoms with Crippen LogP contribution in [0, 0.1) is 0 Å². The lowest BCUT2D eigenvalue weighted by molar-refractivity contribution is -0.137. The van der Waals surface area contributed by atoms with E-state index in [9.17, 15) is 13.2 Å². The summed E-state index contributed by atoms with van der Waals surface area (Å²) >= 11 is 0. The number of furan rings is 1. The number of aromatic nitrogens is 3. The molecule has 1 N–H and O–H groups in total. The first-order valence-corrected chi connectivity index (χ1v) is 12.2. The van der Waals surface area contributed by atoms with Crippen LogP contribution in [0.3, 0.4) is 0 Å². The maximum absolute atomic E-state index is 12.4. The van der Waals surface area contributed by atoms with Crippen molar-refractivity contribution in [3.63, 3.8) is 0 Å². The number of pyridine rings is 1. The van der Waals surface area contributed by atoms with Crippen LogP contribution < -0.4 is 4.72 Å². The second-order valence-electron chi connectivity index (χ2n) is 7.33. The van der Waals surface area contributed by atoms with Gasteiger partial charge in [-0.05, 0) is 54.5 Å². The Kier molecular flexibility index (Phi) is 7.81. The van der Waals surface area contributed by atoms with Crippen molar-refractivity contribution in [2.75, 3.05) is 6.61 Å². The number of esters is 1. The van der Waals surface area contributed by atoms with Gasteiger partial charge in [0.25, 0.3) is 0 Å². The Labute approximate surface area is 201 Å². The number of aryl methyl sites for hydroxylation is 1. The number of benzene rings is 1. The summed E-state index contributed by atoms with van der Waals surface area (Å²) < 4.78 is 42.7. The van der Waals surface area contributed by atoms with E-state index in [0.717, 1.165) is 5.56 Å². The highest BCUT2D eigenvalue weighted by Gasteiger charge is 2.14. The molecule has 0 aliphatic rings. The molecule has 0 bridgehead atoms. The van der Waals surface area contributed by atoms with Gasteiger partial charge in [-0.3, -0.25) is 4.98 Å². The van der Waals surface area contributed by atoms with Crippen molar-refractivity contribution >= 4 is 22.1 Å². The highest BCUT2D eigenvalue weighted by molar-refractivity contribution is 7.89. The number of sulfonamides is 1. The van der Waals surface area contributed by atoms with Gasteiger partial charge in [0, 0.05) is 30.5 Å². The van der Waals surface area contributed by atoms with Gasteiger partial charge in [-0.2, -0.15) is 4.98 Å². The molecule has 0 radical (unpaired) electrons. The third kappa shape index (κ3) is 6.95. The Morgan fingerprint density at radius 1 is 1.11 bits per heavy atom. The Balaban J connectivity index is 1.20. The van der Waals surface area contributed by atoms with Crippen molar-refractivity contribution in [3.8, 4) is 11.4 Å². The van der Waals surface area contributed by atoms with E-state index in [1.54, 1.807) is 48.8 Å². The van der Waals surface area contributed by atoms with Gasteiger partial charge in [0.05, 0.1) is 24.3 Å². The molecule has 4 aromatic rings. The molecule has 0 fully saturated rings. The molecule has 0 unspecified atom stereocenters. The first-order valence-electron chi connectivity index (χ1n) is 10.7. The van der Waals surface area contributed by atoms with Gasteiger partial charge in [0.1, 0.15) is 5.76 Å². The standard InChI is InChI=1S/C24H22N4O6S/c29-23(33-15-3-6-22-27-24(28-34-22)19-4-1-13-25-16-19)12-9-18-7-10-21(11-8-18)35(30,31)26-17-20-5-2-14-32-20/h1-2,4-5,7-14,16,26H,3,6,15,17H2/b12-9+. The molecule has 0 atom stereocenters. The number of nitrogens with one attached hydrogen (secondary N) is 1. The monoisotopic (exact) mass is 494 g/mol. The number of rotatable bonds is 11. The maximum atomic E-state index is 12.4. The van der Waals surface area contributed by atoms with E-state index in [4.69, 9.17) is 13.7 Å². The van der Waals surface area contributed by atoms with Gasteiger partial charge >= 0.3 is 5.97 Å². The fourth-order valence-electron chi connectivity index (χ4n) is 3.00. The summed E-state index contributed by atoms with van der Waals surface area (Å²) in [6.07, 6.45) is 8.60. The third-order valence-electron chi connectivity index (χ3n) is 4.79. The van der Waals surface area contributed by atoms with Crippen molar-refractivity contribution in [2.45, 2.75) is 24.3 Å². The summed E-state index contributed by atoms with van der Waals surface area (Å²) in [5.74, 6) is 0.908. The van der Waals surface area contributed by atoms with Crippen LogP contribution in [-0.2, 0) is 32.5 Å². The molecule has 0 aliphatic carbocycles. The first-order chi connectivity index (χ1) is 17.0. The number of carbonyl (C=O) groups is 1. The van der Waals surface area contributed by atoms with Crippen LogP contribution in [0.5, 0.6) is 0 Å². The van der Waals surface area contributed by atoms with E-state index in [-0.39, 0.29) is 18.0 Å². The minimum absolute atomic E-state index is 0.0565. The molecule has 0 saturated carbocycles. The first kappa shape index (κ1) is 24.0. The SMILES string of the molecule is O=C(/C=C/c1ccc(S(=O)(=O)NCc2ccco2)cc1)OCCCc1nc(-c2cccnc2)no1. The molecule has 11 heteroatoms. The fraction of sp³-hybridized carbons (Fsp3) is 0.167. The largest absolute Gasteiger partial charge is 0.468 e. The normalized spacial score (nSPS) is 11.7. The molecular formula is C24H22N4O6S. The molecular weight excluding hydrogens is 472 g/mol. The van der Waals surface area contributed by atoms with Crippen molar-refractivity contribution in [2.24, 2.45) is 0 Å². The zero-order valence-corrected chi connectivity index (χ0v) is 19.3. The smallest absolute Gasteiger partial charge is 0.330 e. The molecule has 0 aliphatic heterocycles. The van der Waals surface area contributed by atoms with Crippen LogP contribution in [0.1, 0.15) is 23.6 Å². The van der Waals surface area contributed by atoms with Crippen LogP contribution in [0.25, 0.3) is 17.5 Å². The Hall–Kier alpha value is -4.09.